The van der Waals surface area contributed by atoms with Crippen molar-refractivity contribution in [2.75, 3.05) is 20.2 Å². The van der Waals surface area contributed by atoms with E-state index in [0.717, 1.165) is 5.56 Å². The zero-order chi connectivity index (χ0) is 20.1. The van der Waals surface area contributed by atoms with E-state index in [1.165, 1.54) is 0 Å². The molecule has 7 nitrogen and oxygen atoms in total. The molecule has 0 radical (unpaired) electrons. The van der Waals surface area contributed by atoms with Crippen LogP contribution in [-0.4, -0.2) is 31.9 Å². The largest absolute Gasteiger partial charge is 0.465 e. The summed E-state index contributed by atoms with van der Waals surface area (Å²) in [7, 11) is 0. The average Bonchev–Trinajstić information content (AvgIpc) is 3.37. The van der Waals surface area contributed by atoms with E-state index in [1.54, 1.807) is 25.1 Å². The van der Waals surface area contributed by atoms with Gasteiger partial charge in [0.25, 0.3) is 0 Å². The Hall–Kier alpha value is -3.48. The third-order valence-corrected chi connectivity index (χ3v) is 5.42. The molecule has 3 aliphatic rings. The lowest BCUT2D eigenvalue weighted by atomic mass is 9.69. The smallest absolute Gasteiger partial charge is 0.314 e. The number of carbonyl (C=O) groups excluding carboxylic acids is 2. The van der Waals surface area contributed by atoms with E-state index in [4.69, 9.17) is 23.7 Å². The highest BCUT2D eigenvalue weighted by molar-refractivity contribution is 6.14. The number of fused-ring (bicyclic) bond motifs is 3. The van der Waals surface area contributed by atoms with E-state index in [1.807, 2.05) is 12.1 Å². The zero-order valence-electron chi connectivity index (χ0n) is 15.7. The number of benzene rings is 2. The lowest BCUT2D eigenvalue weighted by Crippen LogP contribution is -2.34. The Kier molecular flexibility index (Phi) is 3.97. The molecule has 2 aromatic carbocycles. The van der Waals surface area contributed by atoms with E-state index < -0.39 is 17.8 Å². The summed E-state index contributed by atoms with van der Waals surface area (Å²) in [6.45, 7) is 6.11. The third-order valence-electron chi connectivity index (χ3n) is 5.42. The normalized spacial score (nSPS) is 21.1. The van der Waals surface area contributed by atoms with Gasteiger partial charge in [-0.1, -0.05) is 12.6 Å². The van der Waals surface area contributed by atoms with Crippen molar-refractivity contribution >= 4 is 11.8 Å². The average molecular weight is 394 g/mol. The molecule has 0 saturated carbocycles. The quantitative estimate of drug-likeness (QED) is 0.584. The number of hydrogen-bond acceptors (Lipinski definition) is 7. The molecule has 1 aliphatic carbocycles. The summed E-state index contributed by atoms with van der Waals surface area (Å²) in [5, 5.41) is 0. The van der Waals surface area contributed by atoms with Gasteiger partial charge in [0.1, 0.15) is 0 Å². The first-order chi connectivity index (χ1) is 14.1. The van der Waals surface area contributed by atoms with Crippen molar-refractivity contribution in [2.45, 2.75) is 12.8 Å². The molecular formula is C22H18O7. The molecule has 0 aromatic heterocycles. The molecule has 0 saturated heterocycles. The highest BCUT2D eigenvalue weighted by Crippen LogP contribution is 2.49. The first kappa shape index (κ1) is 17.6. The number of rotatable bonds is 3. The van der Waals surface area contributed by atoms with Gasteiger partial charge in [0.15, 0.2) is 28.8 Å². The lowest BCUT2D eigenvalue weighted by Gasteiger charge is -2.33. The van der Waals surface area contributed by atoms with Gasteiger partial charge in [-0.3, -0.25) is 9.59 Å². The molecule has 0 N–H and O–H groups in total. The molecule has 29 heavy (non-hydrogen) atoms. The van der Waals surface area contributed by atoms with Crippen molar-refractivity contribution in [1.29, 1.82) is 0 Å². The number of esters is 1. The Labute approximate surface area is 166 Å². The van der Waals surface area contributed by atoms with Crippen molar-refractivity contribution in [3.63, 3.8) is 0 Å². The van der Waals surface area contributed by atoms with E-state index in [-0.39, 0.29) is 31.5 Å². The van der Waals surface area contributed by atoms with Gasteiger partial charge >= 0.3 is 5.97 Å². The summed E-state index contributed by atoms with van der Waals surface area (Å²) >= 11 is 0. The third kappa shape index (κ3) is 2.65. The Morgan fingerprint density at radius 1 is 1.03 bits per heavy atom. The van der Waals surface area contributed by atoms with Gasteiger partial charge < -0.3 is 23.7 Å². The maximum absolute atomic E-state index is 13.1. The molecular weight excluding hydrogens is 376 g/mol. The first-order valence-electron chi connectivity index (χ1n) is 9.31. The summed E-state index contributed by atoms with van der Waals surface area (Å²) in [4.78, 5) is 25.9. The fraction of sp³-hybridized carbons (Fsp3) is 0.273. The Morgan fingerprint density at radius 3 is 2.41 bits per heavy atom. The van der Waals surface area contributed by atoms with Crippen LogP contribution in [0.4, 0.5) is 0 Å². The van der Waals surface area contributed by atoms with Crippen LogP contribution in [0.25, 0.3) is 0 Å². The number of carbonyl (C=O) groups is 2. The molecule has 0 amide bonds. The second kappa shape index (κ2) is 6.55. The Balaban J connectivity index is 1.71. The second-order valence-corrected chi connectivity index (χ2v) is 6.97. The topological polar surface area (TPSA) is 80.3 Å². The predicted molar refractivity (Wildman–Crippen MR) is 101 cm³/mol. The van der Waals surface area contributed by atoms with Crippen LogP contribution >= 0.6 is 0 Å². The zero-order valence-corrected chi connectivity index (χ0v) is 15.7. The van der Waals surface area contributed by atoms with Crippen LogP contribution in [0.15, 0.2) is 42.5 Å². The maximum atomic E-state index is 13.1. The minimum absolute atomic E-state index is 0.0867. The molecule has 2 heterocycles. The molecule has 5 rings (SSSR count). The van der Waals surface area contributed by atoms with Gasteiger partial charge in [-0.25, -0.2) is 0 Å². The van der Waals surface area contributed by atoms with E-state index in [0.29, 0.717) is 34.1 Å². The van der Waals surface area contributed by atoms with Gasteiger partial charge in [0.2, 0.25) is 13.6 Å². The summed E-state index contributed by atoms with van der Waals surface area (Å²) < 4.78 is 27.1. The molecule has 0 spiro atoms. The maximum Gasteiger partial charge on any atom is 0.314 e. The van der Waals surface area contributed by atoms with Gasteiger partial charge in [0.05, 0.1) is 12.5 Å². The van der Waals surface area contributed by atoms with E-state index in [9.17, 15) is 9.59 Å². The molecule has 2 aromatic rings. The van der Waals surface area contributed by atoms with Crippen LogP contribution in [0, 0.1) is 5.92 Å². The molecule has 0 fully saturated rings. The molecule has 2 atom stereocenters. The van der Waals surface area contributed by atoms with Gasteiger partial charge in [-0.15, -0.1) is 0 Å². The van der Waals surface area contributed by atoms with E-state index >= 15 is 0 Å². The van der Waals surface area contributed by atoms with Crippen LogP contribution in [0.2, 0.25) is 0 Å². The van der Waals surface area contributed by atoms with Crippen LogP contribution in [-0.2, 0) is 9.53 Å². The Morgan fingerprint density at radius 2 is 1.69 bits per heavy atom. The summed E-state index contributed by atoms with van der Waals surface area (Å²) in [6, 6.07) is 8.92. The van der Waals surface area contributed by atoms with Gasteiger partial charge in [-0.05, 0) is 42.3 Å². The molecule has 148 valence electrons. The standard InChI is InChI=1S/C22H18O7/c1-3-25-22(24)19-11(2)21(23)14-8-18-17(28-10-29-18)7-13(14)20(19)12-4-5-15-16(6-12)27-9-26-15/h4-8,19-20H,2-3,9-10H2,1H3/t19-,20-/m1/s1. The van der Waals surface area contributed by atoms with Crippen molar-refractivity contribution in [2.24, 2.45) is 5.92 Å². The van der Waals surface area contributed by atoms with Crippen LogP contribution < -0.4 is 18.9 Å². The van der Waals surface area contributed by atoms with Gasteiger partial charge in [0, 0.05) is 17.1 Å². The number of Topliss-reactive ketones (excluding diaryl/α,β-unsaturated/α-hetero) is 1. The minimum atomic E-state index is -0.851. The molecule has 2 aliphatic heterocycles. The number of ketones is 1. The minimum Gasteiger partial charge on any atom is -0.465 e. The fourth-order valence-electron chi connectivity index (χ4n) is 4.10. The summed E-state index contributed by atoms with van der Waals surface area (Å²) in [5.41, 5.74) is 2.10. The highest BCUT2D eigenvalue weighted by atomic mass is 16.7. The monoisotopic (exact) mass is 394 g/mol. The molecule has 0 bridgehead atoms. The summed E-state index contributed by atoms with van der Waals surface area (Å²) in [6.07, 6.45) is 0. The fourth-order valence-corrected chi connectivity index (χ4v) is 4.10. The van der Waals surface area contributed by atoms with Crippen molar-refractivity contribution < 1.29 is 33.3 Å². The van der Waals surface area contributed by atoms with Crippen molar-refractivity contribution in [3.05, 3.63) is 59.2 Å². The molecule has 7 heteroatoms. The first-order valence-corrected chi connectivity index (χ1v) is 9.31. The number of ether oxygens (including phenoxy) is 5. The highest BCUT2D eigenvalue weighted by Gasteiger charge is 2.44. The second-order valence-electron chi connectivity index (χ2n) is 6.97. The van der Waals surface area contributed by atoms with Gasteiger partial charge in [-0.2, -0.15) is 0 Å². The predicted octanol–water partition coefficient (Wildman–Crippen LogP) is 3.21. The van der Waals surface area contributed by atoms with Crippen molar-refractivity contribution in [1.82, 2.24) is 0 Å². The van der Waals surface area contributed by atoms with Crippen molar-refractivity contribution in [3.8, 4) is 23.0 Å². The number of hydrogen-bond donors (Lipinski definition) is 0. The van der Waals surface area contributed by atoms with Crippen LogP contribution in [0.1, 0.15) is 34.3 Å². The summed E-state index contributed by atoms with van der Waals surface area (Å²) in [5.74, 6) is 0.147. The lowest BCUT2D eigenvalue weighted by molar-refractivity contribution is -0.147. The van der Waals surface area contributed by atoms with Crippen LogP contribution in [0.3, 0.4) is 0 Å². The SMILES string of the molecule is C=C1C(=O)c2cc3c(cc2[C@@H](c2ccc4c(c2)OCO4)[C@@H]1C(=O)OCC)OCO3. The molecule has 0 unspecified atom stereocenters. The van der Waals surface area contributed by atoms with E-state index in [2.05, 4.69) is 6.58 Å². The Bertz CT molecular complexity index is 1060. The van der Waals surface area contributed by atoms with Crippen LogP contribution in [0.5, 0.6) is 23.0 Å².